The number of likely N-dealkylation sites (tertiary alicyclic amines) is 1. The van der Waals surface area contributed by atoms with Gasteiger partial charge in [-0.2, -0.15) is 9.78 Å². The van der Waals surface area contributed by atoms with Crippen LogP contribution in [0.15, 0.2) is 34.0 Å². The van der Waals surface area contributed by atoms with Gasteiger partial charge in [-0.25, -0.2) is 10.1 Å². The van der Waals surface area contributed by atoms with Gasteiger partial charge < -0.3 is 11.5 Å². The van der Waals surface area contributed by atoms with Gasteiger partial charge in [-0.05, 0) is 60.9 Å². The van der Waals surface area contributed by atoms with Crippen molar-refractivity contribution in [2.45, 2.75) is 32.7 Å². The summed E-state index contributed by atoms with van der Waals surface area (Å²) in [5, 5.41) is 19.7. The summed E-state index contributed by atoms with van der Waals surface area (Å²) in [5.74, 6) is -0.225. The van der Waals surface area contributed by atoms with Gasteiger partial charge in [0.25, 0.3) is 5.91 Å². The highest BCUT2D eigenvalue weighted by atomic mass is 16.6. The lowest BCUT2D eigenvalue weighted by Crippen LogP contribution is -2.31. The molecule has 0 unspecified atom stereocenters. The summed E-state index contributed by atoms with van der Waals surface area (Å²) >= 11 is 0. The van der Waals surface area contributed by atoms with E-state index in [9.17, 15) is 4.79 Å². The van der Waals surface area contributed by atoms with Crippen molar-refractivity contribution in [3.63, 3.8) is 0 Å². The van der Waals surface area contributed by atoms with Gasteiger partial charge in [0.05, 0.1) is 11.4 Å². The first kappa shape index (κ1) is 20.5. The molecule has 1 aliphatic heterocycles. The number of piperidine rings is 1. The number of hydrogen-bond acceptors (Lipinski definition) is 10. The van der Waals surface area contributed by atoms with E-state index < -0.39 is 5.91 Å². The standard InChI is InChI=1S/C19H24N10O2/c1-12(13-5-7-14(20)8-6-13)22-24-19(30)16-15(11-28-9-3-2-4-10-28)29(27-23-16)18-17(21)25-31-26-18/h5-8H,2-4,9-11,20H2,1H3,(H2,21,25)(H,24,30)/b22-12+. The van der Waals surface area contributed by atoms with E-state index >= 15 is 0 Å². The van der Waals surface area contributed by atoms with Crippen LogP contribution < -0.4 is 16.9 Å². The maximum atomic E-state index is 12.9. The van der Waals surface area contributed by atoms with Gasteiger partial charge >= 0.3 is 0 Å². The summed E-state index contributed by atoms with van der Waals surface area (Å²) in [6, 6.07) is 7.21. The van der Waals surface area contributed by atoms with Gasteiger partial charge in [0.2, 0.25) is 11.6 Å². The fraction of sp³-hybridized carbons (Fsp3) is 0.368. The fourth-order valence-corrected chi connectivity index (χ4v) is 3.43. The van der Waals surface area contributed by atoms with Crippen LogP contribution in [0.1, 0.15) is 47.9 Å². The number of aromatic nitrogens is 5. The molecule has 5 N–H and O–H groups in total. The highest BCUT2D eigenvalue weighted by molar-refractivity contribution is 6.00. The van der Waals surface area contributed by atoms with Crippen molar-refractivity contribution in [1.29, 1.82) is 0 Å². The first-order valence-electron chi connectivity index (χ1n) is 9.99. The Kier molecular flexibility index (Phi) is 5.89. The molecule has 1 amide bonds. The SMILES string of the molecule is C/C(=N\NC(=O)c1nnn(-c2nonc2N)c1CN1CCCCC1)c1ccc(N)cc1. The fourth-order valence-electron chi connectivity index (χ4n) is 3.43. The van der Waals surface area contributed by atoms with Crippen LogP contribution in [-0.4, -0.2) is 54.9 Å². The Morgan fingerprint density at radius 1 is 1.16 bits per heavy atom. The van der Waals surface area contributed by atoms with Crippen molar-refractivity contribution in [2.24, 2.45) is 5.10 Å². The second-order valence-electron chi connectivity index (χ2n) is 7.37. The molecule has 1 fully saturated rings. The lowest BCUT2D eigenvalue weighted by Gasteiger charge is -2.26. The van der Waals surface area contributed by atoms with Crippen LogP contribution in [0.3, 0.4) is 0 Å². The Morgan fingerprint density at radius 3 is 2.58 bits per heavy atom. The molecule has 3 heterocycles. The number of benzene rings is 1. The largest absolute Gasteiger partial charge is 0.399 e. The number of rotatable bonds is 6. The highest BCUT2D eigenvalue weighted by Gasteiger charge is 2.26. The minimum absolute atomic E-state index is 0.0639. The molecule has 4 rings (SSSR count). The number of nitrogens with one attached hydrogen (secondary N) is 1. The normalized spacial score (nSPS) is 15.2. The molecule has 162 valence electrons. The first-order valence-corrected chi connectivity index (χ1v) is 9.99. The predicted octanol–water partition coefficient (Wildman–Crippen LogP) is 0.955. The number of carbonyl (C=O) groups excluding carboxylic acids is 1. The van der Waals surface area contributed by atoms with E-state index in [-0.39, 0.29) is 17.3 Å². The second kappa shape index (κ2) is 8.92. The summed E-state index contributed by atoms with van der Waals surface area (Å²) in [6.45, 7) is 4.10. The zero-order chi connectivity index (χ0) is 21.8. The topological polar surface area (TPSA) is 166 Å². The Hall–Kier alpha value is -3.80. The molecule has 0 radical (unpaired) electrons. The smallest absolute Gasteiger partial charge is 0.293 e. The Labute approximate surface area is 178 Å². The molecule has 0 aliphatic carbocycles. The molecular weight excluding hydrogens is 400 g/mol. The van der Waals surface area contributed by atoms with E-state index in [0.717, 1.165) is 31.5 Å². The lowest BCUT2D eigenvalue weighted by atomic mass is 10.1. The zero-order valence-electron chi connectivity index (χ0n) is 17.2. The Bertz CT molecular complexity index is 1080. The third-order valence-corrected chi connectivity index (χ3v) is 5.15. The van der Waals surface area contributed by atoms with Crippen LogP contribution in [0.4, 0.5) is 11.5 Å². The van der Waals surface area contributed by atoms with Gasteiger partial charge in [-0.15, -0.1) is 5.10 Å². The van der Waals surface area contributed by atoms with Crippen LogP contribution in [0.5, 0.6) is 0 Å². The van der Waals surface area contributed by atoms with Gasteiger partial charge in [-0.1, -0.05) is 23.8 Å². The van der Waals surface area contributed by atoms with E-state index in [0.29, 0.717) is 23.6 Å². The number of amides is 1. The third kappa shape index (κ3) is 4.53. The summed E-state index contributed by atoms with van der Waals surface area (Å²) in [5.41, 5.74) is 16.9. The van der Waals surface area contributed by atoms with Gasteiger partial charge in [0.1, 0.15) is 0 Å². The Morgan fingerprint density at radius 2 is 1.90 bits per heavy atom. The number of nitrogens with zero attached hydrogens (tertiary/aromatic N) is 7. The minimum Gasteiger partial charge on any atom is -0.399 e. The van der Waals surface area contributed by atoms with Crippen molar-refractivity contribution in [2.75, 3.05) is 24.6 Å². The van der Waals surface area contributed by atoms with Crippen molar-refractivity contribution in [1.82, 2.24) is 35.6 Å². The third-order valence-electron chi connectivity index (χ3n) is 5.15. The molecule has 31 heavy (non-hydrogen) atoms. The number of hydrazone groups is 1. The maximum Gasteiger partial charge on any atom is 0.293 e. The molecule has 0 spiro atoms. The maximum absolute atomic E-state index is 12.9. The molecule has 1 aromatic carbocycles. The zero-order valence-corrected chi connectivity index (χ0v) is 17.2. The van der Waals surface area contributed by atoms with E-state index in [4.69, 9.17) is 16.1 Å². The summed E-state index contributed by atoms with van der Waals surface area (Å²) < 4.78 is 6.09. The van der Waals surface area contributed by atoms with Crippen LogP contribution in [0, 0.1) is 0 Å². The lowest BCUT2D eigenvalue weighted by molar-refractivity contribution is 0.0947. The molecule has 12 heteroatoms. The summed E-state index contributed by atoms with van der Waals surface area (Å²) in [4.78, 5) is 15.1. The molecule has 0 atom stereocenters. The first-order chi connectivity index (χ1) is 15.0. The van der Waals surface area contributed by atoms with Gasteiger partial charge in [0, 0.05) is 12.2 Å². The van der Waals surface area contributed by atoms with Crippen molar-refractivity contribution in [3.05, 3.63) is 41.2 Å². The second-order valence-corrected chi connectivity index (χ2v) is 7.37. The highest BCUT2D eigenvalue weighted by Crippen LogP contribution is 2.19. The molecule has 2 aromatic heterocycles. The molecule has 1 aliphatic rings. The number of nitrogens with two attached hydrogens (primary N) is 2. The monoisotopic (exact) mass is 424 g/mol. The number of hydrogen-bond donors (Lipinski definition) is 3. The van der Waals surface area contributed by atoms with E-state index in [1.807, 2.05) is 12.1 Å². The molecule has 12 nitrogen and oxygen atoms in total. The van der Waals surface area contributed by atoms with E-state index in [2.05, 4.69) is 36.1 Å². The summed E-state index contributed by atoms with van der Waals surface area (Å²) in [6.07, 6.45) is 3.39. The van der Waals surface area contributed by atoms with E-state index in [1.54, 1.807) is 19.1 Å². The van der Waals surface area contributed by atoms with Crippen LogP contribution in [-0.2, 0) is 6.54 Å². The molecule has 1 saturated heterocycles. The van der Waals surface area contributed by atoms with Gasteiger partial charge in [0.15, 0.2) is 5.69 Å². The molecule has 0 bridgehead atoms. The van der Waals surface area contributed by atoms with Crippen molar-refractivity contribution >= 4 is 23.1 Å². The molecule has 3 aromatic rings. The van der Waals surface area contributed by atoms with E-state index in [1.165, 1.54) is 11.1 Å². The van der Waals surface area contributed by atoms with Gasteiger partial charge in [-0.3, -0.25) is 9.69 Å². The van der Waals surface area contributed by atoms with Crippen LogP contribution >= 0.6 is 0 Å². The average molecular weight is 424 g/mol. The summed E-state index contributed by atoms with van der Waals surface area (Å²) in [7, 11) is 0. The molecular formula is C19H24N10O2. The quantitative estimate of drug-likeness (QED) is 0.296. The minimum atomic E-state index is -0.483. The van der Waals surface area contributed by atoms with Crippen LogP contribution in [0.25, 0.3) is 5.82 Å². The number of anilines is 2. The van der Waals surface area contributed by atoms with Crippen molar-refractivity contribution in [3.8, 4) is 5.82 Å². The number of nitrogen functional groups attached to an aromatic ring is 2. The van der Waals surface area contributed by atoms with Crippen LogP contribution in [0.2, 0.25) is 0 Å². The average Bonchev–Trinajstić information content (AvgIpc) is 3.38. The van der Waals surface area contributed by atoms with Crippen molar-refractivity contribution < 1.29 is 9.42 Å². The molecule has 0 saturated carbocycles. The Balaban J connectivity index is 1.59. The number of carbonyl (C=O) groups is 1. The predicted molar refractivity (Wildman–Crippen MR) is 113 cm³/mol.